The van der Waals surface area contributed by atoms with Crippen molar-refractivity contribution < 1.29 is 27.8 Å². The molecule has 1 rings (SSSR count). The molecule has 0 bridgehead atoms. The third-order valence-corrected chi connectivity index (χ3v) is 2.57. The number of halogens is 4. The van der Waals surface area contributed by atoms with Gasteiger partial charge in [-0.25, -0.2) is 9.78 Å². The molecule has 0 unspecified atom stereocenters. The molecule has 0 atom stereocenters. The van der Waals surface area contributed by atoms with Gasteiger partial charge in [-0.1, -0.05) is 0 Å². The third kappa shape index (κ3) is 2.97. The monoisotopic (exact) mass is 347 g/mol. The minimum atomic E-state index is -4.86. The van der Waals surface area contributed by atoms with E-state index in [0.717, 1.165) is 6.20 Å². The predicted octanol–water partition coefficient (Wildman–Crippen LogP) is 2.59. The summed E-state index contributed by atoms with van der Waals surface area (Å²) in [5, 5.41) is 8.68. The van der Waals surface area contributed by atoms with Gasteiger partial charge in [-0.3, -0.25) is 0 Å². The van der Waals surface area contributed by atoms with E-state index in [1.54, 1.807) is 0 Å². The van der Waals surface area contributed by atoms with E-state index in [1.165, 1.54) is 29.5 Å². The first kappa shape index (κ1) is 13.0. The number of hydrogen-bond donors (Lipinski definition) is 1. The fraction of sp³-hybridized carbons (Fsp3) is 0.250. The van der Waals surface area contributed by atoms with E-state index in [1.807, 2.05) is 0 Å². The molecular weight excluding hydrogens is 342 g/mol. The molecule has 4 nitrogen and oxygen atoms in total. The molecule has 0 amide bonds. The SMILES string of the molecule is Cc1cnc(C(=O)O)c(I)c1OC(F)(F)F. The van der Waals surface area contributed by atoms with Crippen molar-refractivity contribution in [3.05, 3.63) is 21.0 Å². The lowest BCUT2D eigenvalue weighted by Gasteiger charge is -2.13. The Morgan fingerprint density at radius 2 is 2.12 bits per heavy atom. The molecule has 0 saturated heterocycles. The summed E-state index contributed by atoms with van der Waals surface area (Å²) in [5.74, 6) is -1.93. The largest absolute Gasteiger partial charge is 0.573 e. The lowest BCUT2D eigenvalue weighted by molar-refractivity contribution is -0.275. The standard InChI is InChI=1S/C8H5F3INO3/c1-3-2-13-5(7(14)15)4(12)6(3)16-8(9,10)11/h2H,1H3,(H,14,15). The van der Waals surface area contributed by atoms with Gasteiger partial charge in [0.1, 0.15) is 5.75 Å². The van der Waals surface area contributed by atoms with Crippen LogP contribution in [0.4, 0.5) is 13.2 Å². The van der Waals surface area contributed by atoms with Gasteiger partial charge in [0.15, 0.2) is 5.69 Å². The maximum Gasteiger partial charge on any atom is 0.573 e. The van der Waals surface area contributed by atoms with Gasteiger partial charge in [0.2, 0.25) is 0 Å². The Hall–Kier alpha value is -1.06. The van der Waals surface area contributed by atoms with Gasteiger partial charge in [-0.05, 0) is 29.5 Å². The second kappa shape index (κ2) is 4.44. The van der Waals surface area contributed by atoms with Gasteiger partial charge in [0.05, 0.1) is 3.57 Å². The number of carboxylic acids is 1. The summed E-state index contributed by atoms with van der Waals surface area (Å²) in [6.45, 7) is 1.35. The van der Waals surface area contributed by atoms with E-state index in [0.29, 0.717) is 0 Å². The van der Waals surface area contributed by atoms with Crippen molar-refractivity contribution in [3.63, 3.8) is 0 Å². The van der Waals surface area contributed by atoms with E-state index < -0.39 is 23.8 Å². The van der Waals surface area contributed by atoms with Gasteiger partial charge < -0.3 is 9.84 Å². The number of nitrogens with zero attached hydrogens (tertiary/aromatic N) is 1. The smallest absolute Gasteiger partial charge is 0.476 e. The van der Waals surface area contributed by atoms with Gasteiger partial charge >= 0.3 is 12.3 Å². The quantitative estimate of drug-likeness (QED) is 0.836. The summed E-state index contributed by atoms with van der Waals surface area (Å²) in [6.07, 6.45) is -3.84. The Morgan fingerprint density at radius 1 is 1.56 bits per heavy atom. The first-order valence-electron chi connectivity index (χ1n) is 3.86. The van der Waals surface area contributed by atoms with Crippen molar-refractivity contribution in [2.45, 2.75) is 13.3 Å². The molecule has 1 heterocycles. The summed E-state index contributed by atoms with van der Waals surface area (Å²) in [7, 11) is 0. The molecule has 0 spiro atoms. The molecular formula is C8H5F3INO3. The number of hydrogen-bond acceptors (Lipinski definition) is 3. The zero-order valence-corrected chi connectivity index (χ0v) is 9.96. The Kier molecular flexibility index (Phi) is 3.61. The van der Waals surface area contributed by atoms with Crippen molar-refractivity contribution in [2.24, 2.45) is 0 Å². The zero-order chi connectivity index (χ0) is 12.5. The number of carbonyl (C=O) groups is 1. The first-order valence-corrected chi connectivity index (χ1v) is 4.94. The summed E-state index contributed by atoms with van der Waals surface area (Å²) in [6, 6.07) is 0. The molecule has 1 aromatic heterocycles. The number of aromatic nitrogens is 1. The number of aromatic carboxylic acids is 1. The third-order valence-electron chi connectivity index (χ3n) is 1.57. The fourth-order valence-corrected chi connectivity index (χ4v) is 1.85. The number of ether oxygens (including phenoxy) is 1. The van der Waals surface area contributed by atoms with Gasteiger partial charge in [-0.2, -0.15) is 0 Å². The van der Waals surface area contributed by atoms with Crippen LogP contribution in [0.2, 0.25) is 0 Å². The van der Waals surface area contributed by atoms with Gasteiger partial charge in [0.25, 0.3) is 0 Å². The zero-order valence-electron chi connectivity index (χ0n) is 7.80. The van der Waals surface area contributed by atoms with E-state index in [2.05, 4.69) is 9.72 Å². The Balaban J connectivity index is 3.27. The number of rotatable bonds is 2. The van der Waals surface area contributed by atoms with Crippen LogP contribution in [-0.4, -0.2) is 22.4 Å². The van der Waals surface area contributed by atoms with Crippen LogP contribution in [0.15, 0.2) is 6.20 Å². The molecule has 0 aliphatic rings. The van der Waals surface area contributed by atoms with Gasteiger partial charge in [-0.15, -0.1) is 13.2 Å². The van der Waals surface area contributed by atoms with Crippen molar-refractivity contribution >= 4 is 28.6 Å². The summed E-state index contributed by atoms with van der Waals surface area (Å²) in [4.78, 5) is 14.2. The lowest BCUT2D eigenvalue weighted by Crippen LogP contribution is -2.19. The summed E-state index contributed by atoms with van der Waals surface area (Å²) >= 11 is 1.45. The number of alkyl halides is 3. The van der Waals surface area contributed by atoms with Crippen LogP contribution in [0.25, 0.3) is 0 Å². The lowest BCUT2D eigenvalue weighted by atomic mass is 10.2. The van der Waals surface area contributed by atoms with Crippen molar-refractivity contribution in [3.8, 4) is 5.75 Å². The van der Waals surface area contributed by atoms with Crippen LogP contribution < -0.4 is 4.74 Å². The predicted molar refractivity (Wildman–Crippen MR) is 55.3 cm³/mol. The number of pyridine rings is 1. The molecule has 1 aromatic rings. The topological polar surface area (TPSA) is 59.4 Å². The van der Waals surface area contributed by atoms with E-state index in [-0.39, 0.29) is 9.13 Å². The molecule has 1 N–H and O–H groups in total. The number of carboxylic acid groups (broad SMARTS) is 1. The van der Waals surface area contributed by atoms with Crippen LogP contribution in [0, 0.1) is 10.5 Å². The maximum absolute atomic E-state index is 12.0. The number of aryl methyl sites for hydroxylation is 1. The van der Waals surface area contributed by atoms with Crippen LogP contribution >= 0.6 is 22.6 Å². The fourth-order valence-electron chi connectivity index (χ4n) is 0.947. The highest BCUT2D eigenvalue weighted by Crippen LogP contribution is 2.31. The van der Waals surface area contributed by atoms with Crippen LogP contribution in [0.3, 0.4) is 0 Å². The Morgan fingerprint density at radius 3 is 2.56 bits per heavy atom. The van der Waals surface area contributed by atoms with E-state index in [4.69, 9.17) is 5.11 Å². The molecule has 8 heteroatoms. The molecule has 0 saturated carbocycles. The van der Waals surface area contributed by atoms with E-state index in [9.17, 15) is 18.0 Å². The highest BCUT2D eigenvalue weighted by Gasteiger charge is 2.33. The van der Waals surface area contributed by atoms with Crippen LogP contribution in [0.5, 0.6) is 5.75 Å². The van der Waals surface area contributed by atoms with Crippen molar-refractivity contribution in [1.29, 1.82) is 0 Å². The molecule has 0 aromatic carbocycles. The Bertz CT molecular complexity index is 433. The summed E-state index contributed by atoms with van der Waals surface area (Å²) < 4.78 is 39.7. The minimum Gasteiger partial charge on any atom is -0.476 e. The summed E-state index contributed by atoms with van der Waals surface area (Å²) in [5.41, 5.74) is -0.350. The molecule has 0 fully saturated rings. The van der Waals surface area contributed by atoms with E-state index >= 15 is 0 Å². The highest BCUT2D eigenvalue weighted by molar-refractivity contribution is 14.1. The minimum absolute atomic E-state index is 0.117. The molecule has 88 valence electrons. The molecule has 0 aliphatic heterocycles. The average molecular weight is 347 g/mol. The molecule has 0 aliphatic carbocycles. The normalized spacial score (nSPS) is 11.3. The van der Waals surface area contributed by atoms with Crippen molar-refractivity contribution in [2.75, 3.05) is 0 Å². The molecule has 16 heavy (non-hydrogen) atoms. The Labute approximate surface area is 102 Å². The van der Waals surface area contributed by atoms with Gasteiger partial charge in [0, 0.05) is 11.8 Å². The second-order valence-electron chi connectivity index (χ2n) is 2.79. The highest BCUT2D eigenvalue weighted by atomic mass is 127. The van der Waals surface area contributed by atoms with Crippen molar-refractivity contribution in [1.82, 2.24) is 4.98 Å². The van der Waals surface area contributed by atoms with Crippen LogP contribution in [-0.2, 0) is 0 Å². The second-order valence-corrected chi connectivity index (χ2v) is 3.86. The van der Waals surface area contributed by atoms with Crippen LogP contribution in [0.1, 0.15) is 16.1 Å². The maximum atomic E-state index is 12.0. The average Bonchev–Trinajstić information content (AvgIpc) is 2.10. The first-order chi connectivity index (χ1) is 7.22. The molecule has 0 radical (unpaired) electrons.